The van der Waals surface area contributed by atoms with E-state index in [1.54, 1.807) is 20.8 Å². The number of carbonyl (C=O) groups is 2. The lowest BCUT2D eigenvalue weighted by atomic mass is 10.1. The third kappa shape index (κ3) is 9.52. The molecule has 0 fully saturated rings. The molecule has 0 bridgehead atoms. The molecule has 0 saturated carbocycles. The van der Waals surface area contributed by atoms with Crippen LogP contribution in [0.1, 0.15) is 46.5 Å². The Kier molecular flexibility index (Phi) is 6.44. The van der Waals surface area contributed by atoms with E-state index in [0.717, 1.165) is 0 Å². The molecule has 0 aromatic carbocycles. The van der Waals surface area contributed by atoms with Crippen LogP contribution in [-0.4, -0.2) is 28.6 Å². The molecule has 0 spiro atoms. The van der Waals surface area contributed by atoms with Crippen LogP contribution in [0.2, 0.25) is 0 Å². The molecular formula is C12H19NO4. The van der Waals surface area contributed by atoms with Gasteiger partial charge in [0.2, 0.25) is 0 Å². The standard InChI is InChI=1S/C12H19NO4/c1-12(2,3)17-11(16)8-10(15)5-4-9(14)6-7-13/h9,14H,4-6,8H2,1-3H3. The number of esters is 1. The van der Waals surface area contributed by atoms with Crippen molar-refractivity contribution in [3.05, 3.63) is 0 Å². The van der Waals surface area contributed by atoms with Crippen LogP contribution in [0.3, 0.4) is 0 Å². The van der Waals surface area contributed by atoms with E-state index in [1.165, 1.54) is 0 Å². The summed E-state index contributed by atoms with van der Waals surface area (Å²) in [5.41, 5.74) is -0.600. The molecule has 0 rings (SSSR count). The molecule has 0 aliphatic heterocycles. The zero-order chi connectivity index (χ0) is 13.5. The van der Waals surface area contributed by atoms with Gasteiger partial charge in [-0.25, -0.2) is 0 Å². The summed E-state index contributed by atoms with van der Waals surface area (Å²) in [7, 11) is 0. The number of ether oxygens (including phenoxy) is 1. The highest BCUT2D eigenvalue weighted by atomic mass is 16.6. The maximum Gasteiger partial charge on any atom is 0.313 e. The monoisotopic (exact) mass is 241 g/mol. The predicted molar refractivity (Wildman–Crippen MR) is 60.9 cm³/mol. The normalized spacial score (nSPS) is 12.6. The molecule has 0 aromatic rings. The number of aliphatic hydroxyl groups is 1. The van der Waals surface area contributed by atoms with Crippen molar-refractivity contribution >= 4 is 11.8 Å². The van der Waals surface area contributed by atoms with Crippen LogP contribution in [0.25, 0.3) is 0 Å². The van der Waals surface area contributed by atoms with E-state index < -0.39 is 17.7 Å². The van der Waals surface area contributed by atoms with Crippen molar-refractivity contribution in [2.45, 2.75) is 58.2 Å². The largest absolute Gasteiger partial charge is 0.460 e. The van der Waals surface area contributed by atoms with Crippen LogP contribution in [0.4, 0.5) is 0 Å². The molecule has 0 amide bonds. The molecule has 0 aromatic heterocycles. The minimum Gasteiger partial charge on any atom is -0.460 e. The Balaban J connectivity index is 3.88. The maximum atomic E-state index is 11.4. The number of Topliss-reactive ketones (excluding diaryl/α,β-unsaturated/α-hetero) is 1. The molecule has 1 N–H and O–H groups in total. The second kappa shape index (κ2) is 7.02. The first-order chi connectivity index (χ1) is 7.74. The summed E-state index contributed by atoms with van der Waals surface area (Å²) in [6.07, 6.45) is -0.796. The van der Waals surface area contributed by atoms with Gasteiger partial charge in [-0.3, -0.25) is 9.59 Å². The Labute approximate surface area is 101 Å². The zero-order valence-electron chi connectivity index (χ0n) is 10.5. The average molecular weight is 241 g/mol. The fraction of sp³-hybridized carbons (Fsp3) is 0.750. The molecule has 1 atom stereocenters. The predicted octanol–water partition coefficient (Wildman–Crippen LogP) is 1.34. The zero-order valence-corrected chi connectivity index (χ0v) is 10.5. The average Bonchev–Trinajstić information content (AvgIpc) is 2.12. The molecule has 0 aliphatic carbocycles. The quantitative estimate of drug-likeness (QED) is 0.560. The van der Waals surface area contributed by atoms with Crippen LogP contribution in [0, 0.1) is 11.3 Å². The Morgan fingerprint density at radius 2 is 2.00 bits per heavy atom. The van der Waals surface area contributed by atoms with E-state index in [1.807, 2.05) is 6.07 Å². The second-order valence-corrected chi connectivity index (χ2v) is 4.86. The first-order valence-corrected chi connectivity index (χ1v) is 5.53. The minimum absolute atomic E-state index is 0.000280. The lowest BCUT2D eigenvalue weighted by Crippen LogP contribution is -2.25. The summed E-state index contributed by atoms with van der Waals surface area (Å²) < 4.78 is 4.99. The summed E-state index contributed by atoms with van der Waals surface area (Å²) in [6.45, 7) is 5.18. The van der Waals surface area contributed by atoms with Gasteiger partial charge >= 0.3 is 5.97 Å². The van der Waals surface area contributed by atoms with E-state index in [2.05, 4.69) is 0 Å². The molecule has 0 saturated heterocycles. The van der Waals surface area contributed by atoms with E-state index in [9.17, 15) is 14.7 Å². The van der Waals surface area contributed by atoms with Crippen molar-refractivity contribution in [2.75, 3.05) is 0 Å². The summed E-state index contributed by atoms with van der Waals surface area (Å²) >= 11 is 0. The third-order valence-electron chi connectivity index (χ3n) is 1.84. The van der Waals surface area contributed by atoms with Gasteiger partial charge < -0.3 is 9.84 Å². The molecule has 1 unspecified atom stereocenters. The molecule has 5 heteroatoms. The number of carbonyl (C=O) groups excluding carboxylic acids is 2. The summed E-state index contributed by atoms with van der Waals surface area (Å²) in [5, 5.41) is 17.5. The van der Waals surface area contributed by atoms with Crippen molar-refractivity contribution in [1.29, 1.82) is 5.26 Å². The van der Waals surface area contributed by atoms with Gasteiger partial charge in [-0.2, -0.15) is 5.26 Å². The van der Waals surface area contributed by atoms with E-state index in [-0.39, 0.29) is 31.5 Å². The van der Waals surface area contributed by atoms with Gasteiger partial charge in [0.15, 0.2) is 0 Å². The van der Waals surface area contributed by atoms with Crippen LogP contribution in [0.5, 0.6) is 0 Å². The van der Waals surface area contributed by atoms with E-state index in [0.29, 0.717) is 0 Å². The van der Waals surface area contributed by atoms with Crippen molar-refractivity contribution in [2.24, 2.45) is 0 Å². The van der Waals surface area contributed by atoms with Crippen molar-refractivity contribution in [3.8, 4) is 6.07 Å². The number of hydrogen-bond acceptors (Lipinski definition) is 5. The van der Waals surface area contributed by atoms with Crippen LogP contribution < -0.4 is 0 Å². The van der Waals surface area contributed by atoms with Crippen LogP contribution in [0.15, 0.2) is 0 Å². The summed E-state index contributed by atoms with van der Waals surface area (Å²) in [4.78, 5) is 22.6. The lowest BCUT2D eigenvalue weighted by Gasteiger charge is -2.19. The SMILES string of the molecule is CC(C)(C)OC(=O)CC(=O)CCC(O)CC#N. The number of nitriles is 1. The fourth-order valence-corrected chi connectivity index (χ4v) is 1.16. The molecule has 0 radical (unpaired) electrons. The first kappa shape index (κ1) is 15.6. The Bertz CT molecular complexity index is 311. The van der Waals surface area contributed by atoms with E-state index in [4.69, 9.17) is 10.00 Å². The van der Waals surface area contributed by atoms with Crippen LogP contribution >= 0.6 is 0 Å². The smallest absolute Gasteiger partial charge is 0.313 e. The Hall–Kier alpha value is -1.41. The molecule has 96 valence electrons. The highest BCUT2D eigenvalue weighted by molar-refractivity contribution is 5.95. The van der Waals surface area contributed by atoms with Crippen molar-refractivity contribution < 1.29 is 19.4 Å². The van der Waals surface area contributed by atoms with Gasteiger partial charge in [0.1, 0.15) is 17.8 Å². The third-order valence-corrected chi connectivity index (χ3v) is 1.84. The van der Waals surface area contributed by atoms with Gasteiger partial charge in [0.05, 0.1) is 18.6 Å². The molecular weight excluding hydrogens is 222 g/mol. The number of hydrogen-bond donors (Lipinski definition) is 1. The molecule has 5 nitrogen and oxygen atoms in total. The Morgan fingerprint density at radius 3 is 2.47 bits per heavy atom. The second-order valence-electron chi connectivity index (χ2n) is 4.86. The molecule has 0 heterocycles. The maximum absolute atomic E-state index is 11.4. The van der Waals surface area contributed by atoms with Gasteiger partial charge in [-0.05, 0) is 27.2 Å². The minimum atomic E-state index is -0.803. The van der Waals surface area contributed by atoms with Crippen LogP contribution in [-0.2, 0) is 14.3 Å². The van der Waals surface area contributed by atoms with Crippen molar-refractivity contribution in [1.82, 2.24) is 0 Å². The number of aliphatic hydroxyl groups excluding tert-OH is 1. The topological polar surface area (TPSA) is 87.4 Å². The van der Waals surface area contributed by atoms with Gasteiger partial charge in [-0.1, -0.05) is 0 Å². The highest BCUT2D eigenvalue weighted by Crippen LogP contribution is 2.10. The van der Waals surface area contributed by atoms with Gasteiger partial charge in [0.25, 0.3) is 0 Å². The fourth-order valence-electron chi connectivity index (χ4n) is 1.16. The number of rotatable bonds is 6. The lowest BCUT2D eigenvalue weighted by molar-refractivity contribution is -0.156. The first-order valence-electron chi connectivity index (χ1n) is 5.53. The van der Waals surface area contributed by atoms with Crippen molar-refractivity contribution in [3.63, 3.8) is 0 Å². The molecule has 17 heavy (non-hydrogen) atoms. The highest BCUT2D eigenvalue weighted by Gasteiger charge is 2.19. The number of ketones is 1. The Morgan fingerprint density at radius 1 is 1.41 bits per heavy atom. The van der Waals surface area contributed by atoms with E-state index >= 15 is 0 Å². The van der Waals surface area contributed by atoms with Gasteiger partial charge in [0, 0.05) is 6.42 Å². The number of nitrogens with zero attached hydrogens (tertiary/aromatic N) is 1. The summed E-state index contributed by atoms with van der Waals surface area (Å²) in [5.74, 6) is -0.839. The molecule has 0 aliphatic rings. The summed E-state index contributed by atoms with van der Waals surface area (Å²) in [6, 6.07) is 1.81. The van der Waals surface area contributed by atoms with Gasteiger partial charge in [-0.15, -0.1) is 0 Å².